The average Bonchev–Trinajstić information content (AvgIpc) is 2.27. The Bertz CT molecular complexity index is 327. The summed E-state index contributed by atoms with van der Waals surface area (Å²) in [4.78, 5) is 2.03. The Labute approximate surface area is 90.9 Å². The molecule has 0 aromatic carbocycles. The van der Waals surface area contributed by atoms with E-state index in [1.54, 1.807) is 14.2 Å². The predicted molar refractivity (Wildman–Crippen MR) is 59.7 cm³/mol. The van der Waals surface area contributed by atoms with Gasteiger partial charge in [-0.15, -0.1) is 0 Å². The number of dihydropyridines is 1. The minimum absolute atomic E-state index is 0.686. The molecule has 1 heterocycles. The lowest BCUT2D eigenvalue weighted by Crippen LogP contribution is -2.22. The van der Waals surface area contributed by atoms with Gasteiger partial charge in [-0.1, -0.05) is 0 Å². The first-order valence-corrected chi connectivity index (χ1v) is 4.75. The van der Waals surface area contributed by atoms with Gasteiger partial charge in [0.25, 0.3) is 0 Å². The number of methoxy groups -OCH3 is 2. The number of hydrogen-bond donors (Lipinski definition) is 1. The van der Waals surface area contributed by atoms with Crippen LogP contribution in [0.15, 0.2) is 35.2 Å². The van der Waals surface area contributed by atoms with E-state index in [2.05, 4.69) is 5.32 Å². The van der Waals surface area contributed by atoms with Crippen LogP contribution in [-0.4, -0.2) is 33.2 Å². The lowest BCUT2D eigenvalue weighted by atomic mass is 10.2. The van der Waals surface area contributed by atoms with Crippen molar-refractivity contribution in [3.8, 4) is 0 Å². The molecule has 0 bridgehead atoms. The summed E-state index contributed by atoms with van der Waals surface area (Å²) in [7, 11) is 7.26. The number of nitrogens with zero attached hydrogens (tertiary/aromatic N) is 1. The molecule has 0 spiro atoms. The zero-order valence-corrected chi connectivity index (χ0v) is 9.92. The van der Waals surface area contributed by atoms with Crippen molar-refractivity contribution in [3.63, 3.8) is 0 Å². The lowest BCUT2D eigenvalue weighted by molar-refractivity contribution is 0.252. The van der Waals surface area contributed by atoms with Crippen LogP contribution in [0.2, 0.25) is 0 Å². The monoisotopic (exact) mass is 210 g/mol. The minimum Gasteiger partial charge on any atom is -0.496 e. The fourth-order valence-corrected chi connectivity index (χ4v) is 1.18. The molecule has 0 unspecified atom stereocenters. The van der Waals surface area contributed by atoms with Crippen molar-refractivity contribution in [1.82, 2.24) is 10.2 Å². The van der Waals surface area contributed by atoms with Crippen LogP contribution in [0.4, 0.5) is 0 Å². The summed E-state index contributed by atoms with van der Waals surface area (Å²) in [6.45, 7) is 2.03. The highest BCUT2D eigenvalue weighted by molar-refractivity contribution is 5.35. The molecule has 1 aliphatic rings. The van der Waals surface area contributed by atoms with E-state index in [4.69, 9.17) is 9.47 Å². The van der Waals surface area contributed by atoms with Crippen LogP contribution in [0.1, 0.15) is 6.92 Å². The summed E-state index contributed by atoms with van der Waals surface area (Å²) in [5.74, 6) is 1.47. The third kappa shape index (κ3) is 2.68. The van der Waals surface area contributed by atoms with Gasteiger partial charge in [-0.2, -0.15) is 0 Å². The third-order valence-electron chi connectivity index (χ3n) is 2.33. The number of allylic oxidation sites excluding steroid dienone is 3. The number of hydrogen-bond acceptors (Lipinski definition) is 4. The van der Waals surface area contributed by atoms with Gasteiger partial charge in [0.05, 0.1) is 19.9 Å². The maximum Gasteiger partial charge on any atom is 0.194 e. The zero-order valence-electron chi connectivity index (χ0n) is 9.92. The molecule has 4 heteroatoms. The Hall–Kier alpha value is -1.58. The minimum atomic E-state index is 0.686. The number of rotatable bonds is 3. The summed E-state index contributed by atoms with van der Waals surface area (Å²) >= 11 is 0. The predicted octanol–water partition coefficient (Wildman–Crippen LogP) is 1.40. The smallest absolute Gasteiger partial charge is 0.194 e. The van der Waals surface area contributed by atoms with E-state index in [9.17, 15) is 0 Å². The van der Waals surface area contributed by atoms with Gasteiger partial charge >= 0.3 is 0 Å². The lowest BCUT2D eigenvalue weighted by Gasteiger charge is -2.22. The van der Waals surface area contributed by atoms with Gasteiger partial charge in [0.1, 0.15) is 5.76 Å². The second kappa shape index (κ2) is 4.77. The Morgan fingerprint density at radius 3 is 2.33 bits per heavy atom. The molecule has 0 amide bonds. The molecule has 0 saturated heterocycles. The van der Waals surface area contributed by atoms with E-state index in [1.807, 2.05) is 38.1 Å². The van der Waals surface area contributed by atoms with Crippen LogP contribution in [0.5, 0.6) is 0 Å². The van der Waals surface area contributed by atoms with Crippen molar-refractivity contribution in [3.05, 3.63) is 35.2 Å². The second-order valence-corrected chi connectivity index (χ2v) is 3.48. The maximum atomic E-state index is 5.20. The molecular formula is C11H18N2O2. The molecule has 0 saturated carbocycles. The van der Waals surface area contributed by atoms with Gasteiger partial charge in [0.15, 0.2) is 5.88 Å². The van der Waals surface area contributed by atoms with Crippen LogP contribution in [0.3, 0.4) is 0 Å². The molecule has 15 heavy (non-hydrogen) atoms. The second-order valence-electron chi connectivity index (χ2n) is 3.48. The van der Waals surface area contributed by atoms with Gasteiger partial charge in [0, 0.05) is 31.9 Å². The first-order valence-electron chi connectivity index (χ1n) is 4.75. The van der Waals surface area contributed by atoms with Crippen molar-refractivity contribution >= 4 is 0 Å². The van der Waals surface area contributed by atoms with Gasteiger partial charge in [0.2, 0.25) is 0 Å². The molecule has 0 radical (unpaired) electrons. The summed E-state index contributed by atoms with van der Waals surface area (Å²) in [5, 5.41) is 3.17. The first-order chi connectivity index (χ1) is 7.08. The van der Waals surface area contributed by atoms with Crippen LogP contribution < -0.4 is 5.32 Å². The van der Waals surface area contributed by atoms with Crippen LogP contribution in [-0.2, 0) is 9.47 Å². The average molecular weight is 210 g/mol. The topological polar surface area (TPSA) is 33.7 Å². The summed E-state index contributed by atoms with van der Waals surface area (Å²) in [6.07, 6.45) is 3.75. The molecule has 0 aromatic heterocycles. The highest BCUT2D eigenvalue weighted by Crippen LogP contribution is 2.17. The fourth-order valence-electron chi connectivity index (χ4n) is 1.18. The molecule has 1 rings (SSSR count). The van der Waals surface area contributed by atoms with Crippen molar-refractivity contribution < 1.29 is 9.47 Å². The molecule has 4 nitrogen and oxygen atoms in total. The van der Waals surface area contributed by atoms with Gasteiger partial charge in [-0.05, 0) is 6.92 Å². The van der Waals surface area contributed by atoms with Crippen molar-refractivity contribution in [2.75, 3.05) is 28.3 Å². The van der Waals surface area contributed by atoms with E-state index >= 15 is 0 Å². The SMILES string of the molecule is COC1=CC(=C(C)N(C)C)NC(OC)=C1. The molecule has 0 fully saturated rings. The Morgan fingerprint density at radius 1 is 1.20 bits per heavy atom. The standard InChI is InChI=1S/C11H18N2O2/c1-8(13(2)3)10-6-9(14-4)7-11(12-10)15-5/h6-7,12H,1-5H3. The van der Waals surface area contributed by atoms with E-state index in [0.717, 1.165) is 17.2 Å². The zero-order chi connectivity index (χ0) is 11.4. The molecule has 84 valence electrons. The highest BCUT2D eigenvalue weighted by atomic mass is 16.5. The Morgan fingerprint density at radius 2 is 1.87 bits per heavy atom. The molecular weight excluding hydrogens is 192 g/mol. The van der Waals surface area contributed by atoms with Gasteiger partial charge in [-0.3, -0.25) is 0 Å². The Balaban J connectivity index is 3.02. The van der Waals surface area contributed by atoms with Crippen LogP contribution in [0.25, 0.3) is 0 Å². The van der Waals surface area contributed by atoms with E-state index in [0.29, 0.717) is 5.88 Å². The van der Waals surface area contributed by atoms with Crippen LogP contribution >= 0.6 is 0 Å². The van der Waals surface area contributed by atoms with Crippen LogP contribution in [0, 0.1) is 0 Å². The fraction of sp³-hybridized carbons (Fsp3) is 0.455. The summed E-state index contributed by atoms with van der Waals surface area (Å²) in [6, 6.07) is 0. The summed E-state index contributed by atoms with van der Waals surface area (Å²) in [5.41, 5.74) is 2.10. The molecule has 1 N–H and O–H groups in total. The first kappa shape index (κ1) is 11.5. The summed E-state index contributed by atoms with van der Waals surface area (Å²) < 4.78 is 10.4. The van der Waals surface area contributed by atoms with E-state index < -0.39 is 0 Å². The molecule has 0 aromatic rings. The molecule has 0 aliphatic carbocycles. The highest BCUT2D eigenvalue weighted by Gasteiger charge is 2.12. The van der Waals surface area contributed by atoms with Crippen molar-refractivity contribution in [1.29, 1.82) is 0 Å². The molecule has 0 atom stereocenters. The normalized spacial score (nSPS) is 18.5. The van der Waals surface area contributed by atoms with E-state index in [-0.39, 0.29) is 0 Å². The number of ether oxygens (including phenoxy) is 2. The third-order valence-corrected chi connectivity index (χ3v) is 2.33. The number of nitrogens with one attached hydrogen (secondary N) is 1. The van der Waals surface area contributed by atoms with Gasteiger partial charge < -0.3 is 19.7 Å². The Kier molecular flexibility index (Phi) is 3.66. The van der Waals surface area contributed by atoms with Crippen molar-refractivity contribution in [2.45, 2.75) is 6.92 Å². The van der Waals surface area contributed by atoms with E-state index in [1.165, 1.54) is 0 Å². The maximum absolute atomic E-state index is 5.20. The molecule has 1 aliphatic heterocycles. The van der Waals surface area contributed by atoms with Crippen molar-refractivity contribution in [2.24, 2.45) is 0 Å². The quantitative estimate of drug-likeness (QED) is 0.763. The largest absolute Gasteiger partial charge is 0.496 e. The van der Waals surface area contributed by atoms with Gasteiger partial charge in [-0.25, -0.2) is 0 Å².